The molecule has 3 rings (SSSR count). The number of halogens is 3. The molecule has 0 atom stereocenters. The topological polar surface area (TPSA) is 54.4 Å². The Morgan fingerprint density at radius 2 is 1.45 bits per heavy atom. The van der Waals surface area contributed by atoms with E-state index < -0.39 is 17.9 Å². The average Bonchev–Trinajstić information content (AvgIpc) is 2.76. The van der Waals surface area contributed by atoms with Gasteiger partial charge in [-0.3, -0.25) is 9.59 Å². The number of hydrogen-bond donors (Lipinski definition) is 1. The first kappa shape index (κ1) is 23.6. The van der Waals surface area contributed by atoms with Crippen LogP contribution >= 0.6 is 0 Å². The fourth-order valence-corrected chi connectivity index (χ4v) is 5.30. The van der Waals surface area contributed by atoms with E-state index in [0.29, 0.717) is 18.3 Å². The molecule has 31 heavy (non-hydrogen) atoms. The number of carbonyl (C=O) groups excluding carboxylic acids is 1. The molecule has 1 aromatic carbocycles. The smallest absolute Gasteiger partial charge is 0.454 e. The molecule has 0 spiro atoms. The summed E-state index contributed by atoms with van der Waals surface area (Å²) in [5.41, 5.74) is 0.742. The van der Waals surface area contributed by atoms with Crippen LogP contribution in [0.15, 0.2) is 36.4 Å². The third kappa shape index (κ3) is 6.68. The Balaban J connectivity index is 1.43. The summed E-state index contributed by atoms with van der Waals surface area (Å²) in [5, 5.41) is 8.70. The van der Waals surface area contributed by atoms with Crippen LogP contribution in [0.5, 0.6) is 0 Å². The number of carboxylic acids is 1. The van der Waals surface area contributed by atoms with Crippen molar-refractivity contribution in [2.24, 2.45) is 17.8 Å². The van der Waals surface area contributed by atoms with Gasteiger partial charge in [-0.15, -0.1) is 0 Å². The van der Waals surface area contributed by atoms with E-state index in [9.17, 15) is 22.8 Å². The Labute approximate surface area is 181 Å². The number of ketones is 1. The highest BCUT2D eigenvalue weighted by atomic mass is 19.4. The zero-order valence-corrected chi connectivity index (χ0v) is 17.7. The minimum absolute atomic E-state index is 0.191. The summed E-state index contributed by atoms with van der Waals surface area (Å²) < 4.78 is 37.7. The van der Waals surface area contributed by atoms with Gasteiger partial charge in [0.1, 0.15) is 0 Å². The van der Waals surface area contributed by atoms with E-state index in [4.69, 9.17) is 5.11 Å². The van der Waals surface area contributed by atoms with Crippen molar-refractivity contribution in [2.45, 2.75) is 76.3 Å². The summed E-state index contributed by atoms with van der Waals surface area (Å²) in [5.74, 6) is -0.139. The van der Waals surface area contributed by atoms with Gasteiger partial charge in [-0.2, -0.15) is 13.2 Å². The van der Waals surface area contributed by atoms with E-state index >= 15 is 0 Å². The Morgan fingerprint density at radius 3 is 1.97 bits per heavy atom. The highest BCUT2D eigenvalue weighted by Crippen LogP contribution is 2.44. The Bertz CT molecular complexity index is 766. The predicted molar refractivity (Wildman–Crippen MR) is 113 cm³/mol. The fraction of sp³-hybridized carbons (Fsp3) is 0.600. The molecular formula is C25H31F3O3. The van der Waals surface area contributed by atoms with Gasteiger partial charge in [0.05, 0.1) is 0 Å². The zero-order chi connectivity index (χ0) is 22.4. The van der Waals surface area contributed by atoms with E-state index in [-0.39, 0.29) is 12.0 Å². The Kier molecular flexibility index (Phi) is 7.95. The summed E-state index contributed by atoms with van der Waals surface area (Å²) in [6.45, 7) is 0. The molecule has 0 saturated heterocycles. The summed E-state index contributed by atoms with van der Waals surface area (Å²) in [6, 6.07) is 5.99. The number of benzene rings is 1. The lowest BCUT2D eigenvalue weighted by Crippen LogP contribution is -2.25. The van der Waals surface area contributed by atoms with Crippen LogP contribution in [-0.2, 0) is 4.79 Å². The third-order valence-corrected chi connectivity index (χ3v) is 7.09. The molecule has 2 fully saturated rings. The van der Waals surface area contributed by atoms with Crippen molar-refractivity contribution in [2.75, 3.05) is 0 Å². The molecule has 2 aliphatic rings. The number of allylic oxidation sites excluding steroid dienone is 2. The van der Waals surface area contributed by atoms with Gasteiger partial charge in [-0.25, -0.2) is 0 Å². The monoisotopic (exact) mass is 436 g/mol. The Hall–Kier alpha value is -2.11. The first-order valence-corrected chi connectivity index (χ1v) is 11.3. The summed E-state index contributed by atoms with van der Waals surface area (Å²) in [7, 11) is 0. The SMILES string of the molecule is O=C(O)CCC=CC1CCC(C2CCC(c3ccc(C(=O)C(F)(F)F)cc3)CC2)CC1. The fourth-order valence-electron chi connectivity index (χ4n) is 5.30. The standard InChI is InChI=1S/C25H31F3O3/c26-25(27,28)24(31)22-15-13-21(14-16-22)20-11-9-19(10-12-20)18-7-5-17(6-8-18)3-1-2-4-23(29)30/h1,3,13-20H,2,4-12H2,(H,29,30). The lowest BCUT2D eigenvalue weighted by Gasteiger charge is -2.37. The van der Waals surface area contributed by atoms with E-state index in [2.05, 4.69) is 6.08 Å². The van der Waals surface area contributed by atoms with E-state index in [0.717, 1.165) is 43.1 Å². The lowest BCUT2D eigenvalue weighted by molar-refractivity contribution is -0.136. The van der Waals surface area contributed by atoms with Crippen molar-refractivity contribution in [3.8, 4) is 0 Å². The van der Waals surface area contributed by atoms with Crippen molar-refractivity contribution >= 4 is 11.8 Å². The zero-order valence-electron chi connectivity index (χ0n) is 17.7. The predicted octanol–water partition coefficient (Wildman–Crippen LogP) is 6.93. The van der Waals surface area contributed by atoms with Gasteiger partial charge in [-0.05, 0) is 87.0 Å². The molecule has 0 amide bonds. The maximum absolute atomic E-state index is 12.6. The van der Waals surface area contributed by atoms with Gasteiger partial charge < -0.3 is 5.11 Å². The van der Waals surface area contributed by atoms with E-state index in [1.54, 1.807) is 12.1 Å². The van der Waals surface area contributed by atoms with Crippen LogP contribution < -0.4 is 0 Å². The molecule has 170 valence electrons. The first-order chi connectivity index (χ1) is 14.7. The number of Topliss-reactive ketones (excluding diaryl/α,β-unsaturated/α-hetero) is 1. The second-order valence-corrected chi connectivity index (χ2v) is 9.10. The normalized spacial score (nSPS) is 27.3. The molecule has 0 heterocycles. The summed E-state index contributed by atoms with van der Waals surface area (Å²) in [6.07, 6.45) is 9.35. The minimum atomic E-state index is -4.83. The van der Waals surface area contributed by atoms with E-state index in [1.165, 1.54) is 37.8 Å². The van der Waals surface area contributed by atoms with Crippen molar-refractivity contribution < 1.29 is 27.9 Å². The van der Waals surface area contributed by atoms with Crippen LogP contribution in [0, 0.1) is 17.8 Å². The van der Waals surface area contributed by atoms with Gasteiger partial charge in [-0.1, -0.05) is 36.4 Å². The van der Waals surface area contributed by atoms with Crippen molar-refractivity contribution in [1.29, 1.82) is 0 Å². The number of alkyl halides is 3. The average molecular weight is 437 g/mol. The second-order valence-electron chi connectivity index (χ2n) is 9.10. The van der Waals surface area contributed by atoms with Crippen LogP contribution in [-0.4, -0.2) is 23.0 Å². The molecule has 0 radical (unpaired) electrons. The summed E-state index contributed by atoms with van der Waals surface area (Å²) >= 11 is 0. The minimum Gasteiger partial charge on any atom is -0.481 e. The van der Waals surface area contributed by atoms with Crippen molar-refractivity contribution in [3.05, 3.63) is 47.5 Å². The second kappa shape index (κ2) is 10.5. The highest BCUT2D eigenvalue weighted by Gasteiger charge is 2.39. The van der Waals surface area contributed by atoms with Gasteiger partial charge in [0.25, 0.3) is 5.78 Å². The highest BCUT2D eigenvalue weighted by molar-refractivity contribution is 6.00. The first-order valence-electron chi connectivity index (χ1n) is 11.3. The van der Waals surface area contributed by atoms with Crippen LogP contribution in [0.1, 0.15) is 86.0 Å². The van der Waals surface area contributed by atoms with Gasteiger partial charge in [0, 0.05) is 12.0 Å². The molecule has 0 unspecified atom stereocenters. The largest absolute Gasteiger partial charge is 0.481 e. The number of rotatable bonds is 7. The van der Waals surface area contributed by atoms with Crippen LogP contribution in [0.4, 0.5) is 13.2 Å². The van der Waals surface area contributed by atoms with Gasteiger partial charge >= 0.3 is 12.1 Å². The molecular weight excluding hydrogens is 405 g/mol. The molecule has 1 N–H and O–H groups in total. The quantitative estimate of drug-likeness (QED) is 0.372. The maximum Gasteiger partial charge on any atom is 0.454 e. The van der Waals surface area contributed by atoms with Crippen LogP contribution in [0.3, 0.4) is 0 Å². The molecule has 0 bridgehead atoms. The summed E-state index contributed by atoms with van der Waals surface area (Å²) in [4.78, 5) is 21.9. The number of hydrogen-bond acceptors (Lipinski definition) is 2. The molecule has 0 aromatic heterocycles. The molecule has 2 aliphatic carbocycles. The molecule has 0 aliphatic heterocycles. The van der Waals surface area contributed by atoms with Crippen LogP contribution in [0.2, 0.25) is 0 Å². The van der Waals surface area contributed by atoms with Crippen LogP contribution in [0.25, 0.3) is 0 Å². The number of aliphatic carboxylic acids is 1. The third-order valence-electron chi connectivity index (χ3n) is 7.09. The number of carbonyl (C=O) groups is 2. The lowest BCUT2D eigenvalue weighted by atomic mass is 9.68. The van der Waals surface area contributed by atoms with Crippen molar-refractivity contribution in [3.63, 3.8) is 0 Å². The number of carboxylic acid groups (broad SMARTS) is 1. The molecule has 6 heteroatoms. The van der Waals surface area contributed by atoms with Gasteiger partial charge in [0.15, 0.2) is 0 Å². The van der Waals surface area contributed by atoms with E-state index in [1.807, 2.05) is 6.08 Å². The van der Waals surface area contributed by atoms with Gasteiger partial charge in [0.2, 0.25) is 0 Å². The molecule has 3 nitrogen and oxygen atoms in total. The molecule has 1 aromatic rings. The molecule has 2 saturated carbocycles. The maximum atomic E-state index is 12.6. The Morgan fingerprint density at radius 1 is 0.903 bits per heavy atom. The van der Waals surface area contributed by atoms with Crippen molar-refractivity contribution in [1.82, 2.24) is 0 Å².